The van der Waals surface area contributed by atoms with E-state index < -0.39 is 17.6 Å². The maximum Gasteiger partial charge on any atom is 0.239 e. The van der Waals surface area contributed by atoms with Crippen molar-refractivity contribution in [3.8, 4) is 0 Å². The standard InChI is InChI=1S/C17H21F2N3O2/c1-20-10-12-3-2-7-21(12)16(23)13-6-8-22(17(13)24)11-4-5-14(18)15(19)9-11/h4-5,9,12-13,20H,2-3,6-8,10H2,1H3/t12-,13-/m0/s1. The molecular weight excluding hydrogens is 316 g/mol. The summed E-state index contributed by atoms with van der Waals surface area (Å²) < 4.78 is 26.5. The first-order valence-electron chi connectivity index (χ1n) is 8.24. The summed E-state index contributed by atoms with van der Waals surface area (Å²) in [6.45, 7) is 1.71. The first-order valence-corrected chi connectivity index (χ1v) is 8.24. The largest absolute Gasteiger partial charge is 0.338 e. The molecule has 0 unspecified atom stereocenters. The molecule has 0 aromatic heterocycles. The van der Waals surface area contributed by atoms with E-state index in [9.17, 15) is 18.4 Å². The Morgan fingerprint density at radius 3 is 2.75 bits per heavy atom. The smallest absolute Gasteiger partial charge is 0.239 e. The van der Waals surface area contributed by atoms with Crippen LogP contribution in [0.1, 0.15) is 19.3 Å². The van der Waals surface area contributed by atoms with Crippen LogP contribution < -0.4 is 10.2 Å². The number of hydrogen-bond donors (Lipinski definition) is 1. The topological polar surface area (TPSA) is 52.7 Å². The van der Waals surface area contributed by atoms with E-state index in [2.05, 4.69) is 5.32 Å². The molecule has 5 nitrogen and oxygen atoms in total. The molecule has 2 atom stereocenters. The number of rotatable bonds is 4. The van der Waals surface area contributed by atoms with Crippen LogP contribution in [0.5, 0.6) is 0 Å². The monoisotopic (exact) mass is 337 g/mol. The summed E-state index contributed by atoms with van der Waals surface area (Å²) in [6, 6.07) is 3.48. The number of likely N-dealkylation sites (tertiary alicyclic amines) is 1. The number of carbonyl (C=O) groups is 2. The van der Waals surface area contributed by atoms with Gasteiger partial charge in [0.25, 0.3) is 0 Å². The molecule has 0 radical (unpaired) electrons. The second-order valence-electron chi connectivity index (χ2n) is 6.31. The van der Waals surface area contributed by atoms with Crippen molar-refractivity contribution in [2.75, 3.05) is 31.6 Å². The first-order chi connectivity index (χ1) is 11.5. The Morgan fingerprint density at radius 2 is 2.04 bits per heavy atom. The molecule has 0 saturated carbocycles. The van der Waals surface area contributed by atoms with Gasteiger partial charge in [0.1, 0.15) is 5.92 Å². The van der Waals surface area contributed by atoms with Crippen LogP contribution in [-0.4, -0.2) is 49.4 Å². The zero-order chi connectivity index (χ0) is 17.3. The normalized spacial score (nSPS) is 24.0. The highest BCUT2D eigenvalue weighted by Crippen LogP contribution is 2.29. The minimum Gasteiger partial charge on any atom is -0.338 e. The first kappa shape index (κ1) is 16.8. The van der Waals surface area contributed by atoms with Crippen molar-refractivity contribution >= 4 is 17.5 Å². The van der Waals surface area contributed by atoms with Gasteiger partial charge in [0, 0.05) is 37.4 Å². The Kier molecular flexibility index (Phi) is 4.80. The third-order valence-electron chi connectivity index (χ3n) is 4.82. The summed E-state index contributed by atoms with van der Waals surface area (Å²) in [4.78, 5) is 28.5. The Bertz CT molecular complexity index is 653. The number of halogens is 2. The van der Waals surface area contributed by atoms with Crippen LogP contribution >= 0.6 is 0 Å². The van der Waals surface area contributed by atoms with E-state index in [0.29, 0.717) is 31.7 Å². The molecule has 2 aliphatic heterocycles. The van der Waals surface area contributed by atoms with Crippen molar-refractivity contribution in [1.29, 1.82) is 0 Å². The Hall–Kier alpha value is -2.02. The molecule has 2 saturated heterocycles. The van der Waals surface area contributed by atoms with Crippen LogP contribution in [0.25, 0.3) is 0 Å². The van der Waals surface area contributed by atoms with E-state index >= 15 is 0 Å². The van der Waals surface area contributed by atoms with Gasteiger partial charge in [-0.05, 0) is 38.4 Å². The third-order valence-corrected chi connectivity index (χ3v) is 4.82. The van der Waals surface area contributed by atoms with Gasteiger partial charge in [-0.3, -0.25) is 9.59 Å². The molecule has 1 aromatic carbocycles. The summed E-state index contributed by atoms with van der Waals surface area (Å²) in [6.07, 6.45) is 2.27. The summed E-state index contributed by atoms with van der Waals surface area (Å²) in [7, 11) is 1.84. The summed E-state index contributed by atoms with van der Waals surface area (Å²) in [5.41, 5.74) is 0.294. The Balaban J connectivity index is 1.73. The predicted octanol–water partition coefficient (Wildman–Crippen LogP) is 1.53. The molecular formula is C17H21F2N3O2. The van der Waals surface area contributed by atoms with Crippen molar-refractivity contribution < 1.29 is 18.4 Å². The molecule has 2 amide bonds. The molecule has 1 N–H and O–H groups in total. The number of likely N-dealkylation sites (N-methyl/N-ethyl adjacent to an activating group) is 1. The maximum atomic E-state index is 13.4. The zero-order valence-corrected chi connectivity index (χ0v) is 13.6. The van der Waals surface area contributed by atoms with Gasteiger partial charge in [0.15, 0.2) is 11.6 Å². The molecule has 24 heavy (non-hydrogen) atoms. The summed E-state index contributed by atoms with van der Waals surface area (Å²) in [5.74, 6) is -3.16. The third kappa shape index (κ3) is 3.00. The van der Waals surface area contributed by atoms with Crippen molar-refractivity contribution in [2.24, 2.45) is 5.92 Å². The van der Waals surface area contributed by atoms with Crippen molar-refractivity contribution in [2.45, 2.75) is 25.3 Å². The van der Waals surface area contributed by atoms with Crippen LogP contribution in [0.3, 0.4) is 0 Å². The molecule has 130 valence electrons. The molecule has 2 heterocycles. The fraction of sp³-hybridized carbons (Fsp3) is 0.529. The van der Waals surface area contributed by atoms with Crippen molar-refractivity contribution in [1.82, 2.24) is 10.2 Å². The van der Waals surface area contributed by atoms with Gasteiger partial charge in [-0.1, -0.05) is 0 Å². The van der Waals surface area contributed by atoms with E-state index in [4.69, 9.17) is 0 Å². The van der Waals surface area contributed by atoms with Gasteiger partial charge in [-0.2, -0.15) is 0 Å². The van der Waals surface area contributed by atoms with E-state index in [-0.39, 0.29) is 17.9 Å². The number of anilines is 1. The summed E-state index contributed by atoms with van der Waals surface area (Å²) in [5, 5.41) is 3.08. The summed E-state index contributed by atoms with van der Waals surface area (Å²) >= 11 is 0. The van der Waals surface area contributed by atoms with Crippen molar-refractivity contribution in [3.05, 3.63) is 29.8 Å². The average Bonchev–Trinajstić information content (AvgIpc) is 3.17. The molecule has 0 spiro atoms. The molecule has 1 aromatic rings. The van der Waals surface area contributed by atoms with Crippen LogP contribution in [0, 0.1) is 17.6 Å². The minimum absolute atomic E-state index is 0.118. The Morgan fingerprint density at radius 1 is 1.25 bits per heavy atom. The highest BCUT2D eigenvalue weighted by Gasteiger charge is 2.42. The quantitative estimate of drug-likeness (QED) is 0.848. The molecule has 3 rings (SSSR count). The lowest BCUT2D eigenvalue weighted by Crippen LogP contribution is -2.45. The van der Waals surface area contributed by atoms with Crippen LogP contribution in [0.2, 0.25) is 0 Å². The average molecular weight is 337 g/mol. The fourth-order valence-electron chi connectivity index (χ4n) is 3.59. The van der Waals surface area contributed by atoms with E-state index in [0.717, 1.165) is 25.0 Å². The molecule has 7 heteroatoms. The van der Waals surface area contributed by atoms with Gasteiger partial charge in [-0.25, -0.2) is 8.78 Å². The second-order valence-corrected chi connectivity index (χ2v) is 6.31. The lowest BCUT2D eigenvalue weighted by atomic mass is 10.1. The maximum absolute atomic E-state index is 13.4. The van der Waals surface area contributed by atoms with Crippen LogP contribution in [0.15, 0.2) is 18.2 Å². The van der Waals surface area contributed by atoms with E-state index in [1.54, 1.807) is 4.90 Å². The Labute approximate surface area is 139 Å². The van der Waals surface area contributed by atoms with E-state index in [1.165, 1.54) is 11.0 Å². The zero-order valence-electron chi connectivity index (χ0n) is 13.6. The van der Waals surface area contributed by atoms with Crippen molar-refractivity contribution in [3.63, 3.8) is 0 Å². The minimum atomic E-state index is -0.997. The van der Waals surface area contributed by atoms with Crippen LogP contribution in [0.4, 0.5) is 14.5 Å². The fourth-order valence-corrected chi connectivity index (χ4v) is 3.59. The molecule has 0 aliphatic carbocycles. The number of amides is 2. The number of nitrogens with one attached hydrogen (secondary N) is 1. The highest BCUT2D eigenvalue weighted by molar-refractivity contribution is 6.09. The molecule has 2 fully saturated rings. The SMILES string of the molecule is CNC[C@@H]1CCCN1C(=O)[C@@H]1CCN(c2ccc(F)c(F)c2)C1=O. The molecule has 2 aliphatic rings. The van der Waals surface area contributed by atoms with Crippen LogP contribution in [-0.2, 0) is 9.59 Å². The van der Waals surface area contributed by atoms with Gasteiger partial charge < -0.3 is 15.1 Å². The number of benzene rings is 1. The molecule has 0 bridgehead atoms. The lowest BCUT2D eigenvalue weighted by molar-refractivity contribution is -0.140. The number of carbonyl (C=O) groups excluding carboxylic acids is 2. The number of hydrogen-bond acceptors (Lipinski definition) is 3. The van der Waals surface area contributed by atoms with Gasteiger partial charge in [0.05, 0.1) is 0 Å². The lowest BCUT2D eigenvalue weighted by Gasteiger charge is -2.27. The predicted molar refractivity (Wildman–Crippen MR) is 85.5 cm³/mol. The highest BCUT2D eigenvalue weighted by atomic mass is 19.2. The van der Waals surface area contributed by atoms with Gasteiger partial charge >= 0.3 is 0 Å². The van der Waals surface area contributed by atoms with Gasteiger partial charge in [0.2, 0.25) is 11.8 Å². The van der Waals surface area contributed by atoms with E-state index in [1.807, 2.05) is 7.05 Å². The van der Waals surface area contributed by atoms with Gasteiger partial charge in [-0.15, -0.1) is 0 Å². The number of nitrogens with zero attached hydrogens (tertiary/aromatic N) is 2. The second kappa shape index (κ2) is 6.84.